The molecule has 0 amide bonds. The van der Waals surface area contributed by atoms with Crippen LogP contribution >= 0.6 is 11.6 Å². The number of hydrogen-bond donors (Lipinski definition) is 2. The zero-order chi connectivity index (χ0) is 10.4. The van der Waals surface area contributed by atoms with E-state index in [0.717, 1.165) is 6.07 Å². The molecule has 0 unspecified atom stereocenters. The van der Waals surface area contributed by atoms with Gasteiger partial charge in [-0.3, -0.25) is 4.79 Å². The summed E-state index contributed by atoms with van der Waals surface area (Å²) in [7, 11) is 0. The van der Waals surface area contributed by atoms with Crippen LogP contribution in [0.25, 0.3) is 0 Å². The number of phenolic OH excluding ortho intramolecular Hbond substituents is 2. The van der Waals surface area contributed by atoms with Crippen LogP contribution in [0.1, 0.15) is 24.2 Å². The van der Waals surface area contributed by atoms with Crippen LogP contribution in [0.5, 0.6) is 11.5 Å². The van der Waals surface area contributed by atoms with E-state index in [4.69, 9.17) is 21.8 Å². The molecule has 0 aromatic heterocycles. The van der Waals surface area contributed by atoms with Crippen molar-refractivity contribution >= 4 is 17.9 Å². The molecule has 0 heterocycles. The Bertz CT molecular complexity index is 297. The van der Waals surface area contributed by atoms with Gasteiger partial charge in [0.15, 0.2) is 6.29 Å². The summed E-state index contributed by atoms with van der Waals surface area (Å²) in [5, 5.41) is 17.9. The number of hydrogen-bond acceptors (Lipinski definition) is 3. The van der Waals surface area contributed by atoms with Crippen molar-refractivity contribution in [2.24, 2.45) is 0 Å². The highest BCUT2D eigenvalue weighted by molar-refractivity contribution is 6.32. The van der Waals surface area contributed by atoms with Gasteiger partial charge in [0, 0.05) is 6.07 Å². The molecule has 72 valence electrons. The highest BCUT2D eigenvalue weighted by Gasteiger charge is 2.04. The SMILES string of the molecule is CC.O=Cc1cc(Cl)c(O)cc1O. The van der Waals surface area contributed by atoms with Crippen molar-refractivity contribution in [3.8, 4) is 11.5 Å². The predicted octanol–water partition coefficient (Wildman–Crippen LogP) is 2.59. The number of aromatic hydroxyl groups is 2. The summed E-state index contributed by atoms with van der Waals surface area (Å²) in [6.07, 6.45) is 0.459. The Hall–Kier alpha value is -1.22. The largest absolute Gasteiger partial charge is 0.507 e. The summed E-state index contributed by atoms with van der Waals surface area (Å²) >= 11 is 5.44. The van der Waals surface area contributed by atoms with E-state index in [0.29, 0.717) is 6.29 Å². The topological polar surface area (TPSA) is 57.5 Å². The summed E-state index contributed by atoms with van der Waals surface area (Å²) < 4.78 is 0. The molecular formula is C9H11ClO3. The average Bonchev–Trinajstić information content (AvgIpc) is 2.15. The van der Waals surface area contributed by atoms with Gasteiger partial charge in [0.25, 0.3) is 0 Å². The van der Waals surface area contributed by atoms with Crippen LogP contribution in [-0.4, -0.2) is 16.5 Å². The van der Waals surface area contributed by atoms with Crippen LogP contribution in [0, 0.1) is 0 Å². The van der Waals surface area contributed by atoms with Gasteiger partial charge in [0.05, 0.1) is 10.6 Å². The van der Waals surface area contributed by atoms with Gasteiger partial charge in [-0.25, -0.2) is 0 Å². The van der Waals surface area contributed by atoms with Crippen LogP contribution in [-0.2, 0) is 0 Å². The molecule has 0 saturated carbocycles. The first-order chi connectivity index (χ1) is 6.15. The standard InChI is InChI=1S/C7H5ClO3.C2H6/c8-5-1-4(3-9)6(10)2-7(5)11;1-2/h1-3,10-11H;1-2H3. The molecule has 13 heavy (non-hydrogen) atoms. The molecule has 0 aliphatic rings. The van der Waals surface area contributed by atoms with Crippen molar-refractivity contribution in [1.29, 1.82) is 0 Å². The molecule has 1 aromatic carbocycles. The molecule has 1 rings (SSSR count). The van der Waals surface area contributed by atoms with Gasteiger partial charge in [0.1, 0.15) is 11.5 Å². The van der Waals surface area contributed by atoms with Gasteiger partial charge in [-0.1, -0.05) is 25.4 Å². The number of phenols is 2. The number of carbonyl (C=O) groups excluding carboxylic acids is 1. The zero-order valence-corrected chi connectivity index (χ0v) is 8.17. The Morgan fingerprint density at radius 1 is 1.23 bits per heavy atom. The number of aldehydes is 1. The third-order valence-electron chi connectivity index (χ3n) is 1.22. The van der Waals surface area contributed by atoms with Crippen molar-refractivity contribution in [2.45, 2.75) is 13.8 Å². The molecule has 0 spiro atoms. The fraction of sp³-hybridized carbons (Fsp3) is 0.222. The molecule has 0 aliphatic carbocycles. The molecule has 0 aliphatic heterocycles. The maximum atomic E-state index is 10.2. The van der Waals surface area contributed by atoms with E-state index in [-0.39, 0.29) is 22.1 Å². The minimum absolute atomic E-state index is 0.0462. The summed E-state index contributed by atoms with van der Waals surface area (Å²) in [4.78, 5) is 10.2. The number of halogens is 1. The third-order valence-corrected chi connectivity index (χ3v) is 1.53. The Morgan fingerprint density at radius 2 is 1.77 bits per heavy atom. The molecule has 0 fully saturated rings. The van der Waals surface area contributed by atoms with E-state index in [1.807, 2.05) is 13.8 Å². The summed E-state index contributed by atoms with van der Waals surface area (Å²) in [6.45, 7) is 4.00. The number of rotatable bonds is 1. The van der Waals surface area contributed by atoms with Gasteiger partial charge >= 0.3 is 0 Å². The first-order valence-electron chi connectivity index (χ1n) is 3.82. The van der Waals surface area contributed by atoms with Crippen molar-refractivity contribution in [1.82, 2.24) is 0 Å². The zero-order valence-electron chi connectivity index (χ0n) is 7.41. The Labute approximate surface area is 81.6 Å². The lowest BCUT2D eigenvalue weighted by Crippen LogP contribution is -1.80. The van der Waals surface area contributed by atoms with E-state index < -0.39 is 0 Å². The molecule has 3 nitrogen and oxygen atoms in total. The average molecular weight is 203 g/mol. The van der Waals surface area contributed by atoms with E-state index in [1.54, 1.807) is 0 Å². The first kappa shape index (κ1) is 11.8. The van der Waals surface area contributed by atoms with E-state index >= 15 is 0 Å². The first-order valence-corrected chi connectivity index (χ1v) is 4.19. The maximum absolute atomic E-state index is 10.2. The fourth-order valence-corrected chi connectivity index (χ4v) is 0.833. The summed E-state index contributed by atoms with van der Waals surface area (Å²) in [5.41, 5.74) is 0.0628. The van der Waals surface area contributed by atoms with Gasteiger partial charge in [0.2, 0.25) is 0 Å². The maximum Gasteiger partial charge on any atom is 0.153 e. The Balaban J connectivity index is 0.000000671. The molecule has 1 aromatic rings. The normalized spacial score (nSPS) is 8.54. The summed E-state index contributed by atoms with van der Waals surface area (Å²) in [6, 6.07) is 2.21. The molecule has 4 heteroatoms. The monoisotopic (exact) mass is 202 g/mol. The second kappa shape index (κ2) is 5.43. The summed E-state index contributed by atoms with van der Waals surface area (Å²) in [5.74, 6) is -0.517. The molecule has 0 atom stereocenters. The Kier molecular flexibility index (Phi) is 4.92. The van der Waals surface area contributed by atoms with Gasteiger partial charge < -0.3 is 10.2 Å². The Morgan fingerprint density at radius 3 is 2.23 bits per heavy atom. The second-order valence-electron chi connectivity index (χ2n) is 1.98. The van der Waals surface area contributed by atoms with E-state index in [9.17, 15) is 4.79 Å². The minimum atomic E-state index is -0.276. The highest BCUT2D eigenvalue weighted by Crippen LogP contribution is 2.29. The third kappa shape index (κ3) is 2.95. The van der Waals surface area contributed by atoms with Crippen LogP contribution < -0.4 is 0 Å². The quantitative estimate of drug-likeness (QED) is 0.689. The van der Waals surface area contributed by atoms with Crippen LogP contribution in [0.3, 0.4) is 0 Å². The second-order valence-corrected chi connectivity index (χ2v) is 2.39. The van der Waals surface area contributed by atoms with Crippen LogP contribution in [0.15, 0.2) is 12.1 Å². The van der Waals surface area contributed by atoms with Crippen molar-refractivity contribution < 1.29 is 15.0 Å². The molecule has 0 saturated heterocycles. The molecule has 0 radical (unpaired) electrons. The lowest BCUT2D eigenvalue weighted by molar-refractivity contribution is 0.112. The van der Waals surface area contributed by atoms with Crippen molar-refractivity contribution in [3.05, 3.63) is 22.7 Å². The van der Waals surface area contributed by atoms with E-state index in [1.165, 1.54) is 6.07 Å². The molecule has 0 bridgehead atoms. The predicted molar refractivity (Wildman–Crippen MR) is 51.5 cm³/mol. The molecule has 2 N–H and O–H groups in total. The lowest BCUT2D eigenvalue weighted by Gasteiger charge is -1.99. The number of carbonyl (C=O) groups is 1. The van der Waals surface area contributed by atoms with Crippen LogP contribution in [0.2, 0.25) is 5.02 Å². The van der Waals surface area contributed by atoms with Gasteiger partial charge in [-0.15, -0.1) is 0 Å². The van der Waals surface area contributed by atoms with Gasteiger partial charge in [-0.2, -0.15) is 0 Å². The molecular weight excluding hydrogens is 192 g/mol. The van der Waals surface area contributed by atoms with Gasteiger partial charge in [-0.05, 0) is 6.07 Å². The fourth-order valence-electron chi connectivity index (χ4n) is 0.661. The smallest absolute Gasteiger partial charge is 0.153 e. The van der Waals surface area contributed by atoms with Crippen LogP contribution in [0.4, 0.5) is 0 Å². The highest BCUT2D eigenvalue weighted by atomic mass is 35.5. The number of benzene rings is 1. The lowest BCUT2D eigenvalue weighted by atomic mass is 10.2. The minimum Gasteiger partial charge on any atom is -0.507 e. The van der Waals surface area contributed by atoms with Crippen molar-refractivity contribution in [2.75, 3.05) is 0 Å². The van der Waals surface area contributed by atoms with Crippen molar-refractivity contribution in [3.63, 3.8) is 0 Å². The van der Waals surface area contributed by atoms with E-state index in [2.05, 4.69) is 0 Å².